The third-order valence-electron chi connectivity index (χ3n) is 6.80. The number of hydrogen-bond acceptors (Lipinski definition) is 4. The van der Waals surface area contributed by atoms with Gasteiger partial charge in [-0.1, -0.05) is 18.2 Å². The topological polar surface area (TPSA) is 88.5 Å². The van der Waals surface area contributed by atoms with E-state index in [1.54, 1.807) is 10.9 Å². The lowest BCUT2D eigenvalue weighted by atomic mass is 10.0. The van der Waals surface area contributed by atoms with Crippen LogP contribution in [0.15, 0.2) is 48.8 Å². The van der Waals surface area contributed by atoms with Crippen LogP contribution in [0.25, 0.3) is 11.1 Å². The summed E-state index contributed by atoms with van der Waals surface area (Å²) in [5.74, 6) is -1.54. The van der Waals surface area contributed by atoms with E-state index in [1.807, 2.05) is 25.4 Å². The molecule has 0 spiro atoms. The van der Waals surface area contributed by atoms with E-state index in [0.717, 1.165) is 40.8 Å². The number of urea groups is 1. The molecule has 0 saturated heterocycles. The standard InChI is InChI=1S/C26H25F4N5O3/c1-34-12-18(10-32-34)15-2-5-20-16(8-15)3-6-21(20)33-25(37)31-11-24(36)35-13-17-9-19(27)4-7-22(17)38-14-23(35)26(28,29)30/h2,4-5,7-10,12,21,23H,3,6,11,13-14H2,1H3,(H2,31,33,37)/t21-,23-/m0/s1. The zero-order valence-corrected chi connectivity index (χ0v) is 20.4. The molecule has 0 radical (unpaired) electrons. The first-order valence-electron chi connectivity index (χ1n) is 12.0. The quantitative estimate of drug-likeness (QED) is 0.501. The smallest absolute Gasteiger partial charge is 0.412 e. The summed E-state index contributed by atoms with van der Waals surface area (Å²) < 4.78 is 61.8. The Hall–Kier alpha value is -4.09. The molecule has 2 aromatic carbocycles. The SMILES string of the molecule is Cn1cc(-c2ccc3c(c2)CC[C@@H]3NC(=O)NCC(=O)N2Cc3cc(F)ccc3OC[C@H]2C(F)(F)F)cn1. The molecule has 1 aromatic heterocycles. The van der Waals surface area contributed by atoms with E-state index in [0.29, 0.717) is 11.3 Å². The van der Waals surface area contributed by atoms with Crippen molar-refractivity contribution in [1.29, 1.82) is 0 Å². The maximum absolute atomic E-state index is 13.7. The predicted molar refractivity (Wildman–Crippen MR) is 129 cm³/mol. The lowest BCUT2D eigenvalue weighted by molar-refractivity contribution is -0.195. The van der Waals surface area contributed by atoms with Gasteiger partial charge in [-0.3, -0.25) is 9.48 Å². The summed E-state index contributed by atoms with van der Waals surface area (Å²) >= 11 is 0. The normalized spacial score (nSPS) is 18.7. The highest BCUT2D eigenvalue weighted by Gasteiger charge is 2.47. The number of aromatic nitrogens is 2. The molecule has 2 aliphatic rings. The fourth-order valence-corrected chi connectivity index (χ4v) is 4.88. The van der Waals surface area contributed by atoms with Crippen molar-refractivity contribution in [3.05, 3.63) is 71.3 Å². The molecule has 3 aromatic rings. The Morgan fingerprint density at radius 2 is 1.95 bits per heavy atom. The third-order valence-corrected chi connectivity index (χ3v) is 6.80. The summed E-state index contributed by atoms with van der Waals surface area (Å²) in [6, 6.07) is 6.05. The first-order valence-corrected chi connectivity index (χ1v) is 12.0. The number of halogens is 4. The lowest BCUT2D eigenvalue weighted by Crippen LogP contribution is -2.53. The lowest BCUT2D eigenvalue weighted by Gasteiger charge is -2.30. The molecule has 200 valence electrons. The van der Waals surface area contributed by atoms with Crippen LogP contribution in [0.3, 0.4) is 0 Å². The highest BCUT2D eigenvalue weighted by atomic mass is 19.4. The van der Waals surface area contributed by atoms with Crippen molar-refractivity contribution < 1.29 is 31.9 Å². The number of alkyl halides is 3. The van der Waals surface area contributed by atoms with E-state index >= 15 is 0 Å². The monoisotopic (exact) mass is 531 g/mol. The minimum Gasteiger partial charge on any atom is -0.491 e. The van der Waals surface area contributed by atoms with Crippen LogP contribution in [0.5, 0.6) is 5.75 Å². The van der Waals surface area contributed by atoms with Gasteiger partial charge in [0.15, 0.2) is 6.04 Å². The predicted octanol–water partition coefficient (Wildman–Crippen LogP) is 3.86. The van der Waals surface area contributed by atoms with E-state index in [9.17, 15) is 27.2 Å². The molecule has 0 fully saturated rings. The van der Waals surface area contributed by atoms with Crippen molar-refractivity contribution in [3.63, 3.8) is 0 Å². The first kappa shape index (κ1) is 25.6. The maximum atomic E-state index is 13.7. The van der Waals surface area contributed by atoms with Gasteiger partial charge in [-0.2, -0.15) is 18.3 Å². The largest absolute Gasteiger partial charge is 0.491 e. The number of nitrogens with zero attached hydrogens (tertiary/aromatic N) is 3. The molecule has 0 saturated carbocycles. The van der Waals surface area contributed by atoms with Crippen molar-refractivity contribution in [3.8, 4) is 16.9 Å². The number of carbonyl (C=O) groups is 2. The van der Waals surface area contributed by atoms with Gasteiger partial charge < -0.3 is 20.3 Å². The summed E-state index contributed by atoms with van der Waals surface area (Å²) in [5.41, 5.74) is 4.12. The van der Waals surface area contributed by atoms with E-state index in [2.05, 4.69) is 21.8 Å². The van der Waals surface area contributed by atoms with Gasteiger partial charge in [0.05, 0.1) is 25.3 Å². The van der Waals surface area contributed by atoms with Crippen LogP contribution in [0.2, 0.25) is 0 Å². The number of carbonyl (C=O) groups excluding carboxylic acids is 2. The van der Waals surface area contributed by atoms with Crippen LogP contribution >= 0.6 is 0 Å². The van der Waals surface area contributed by atoms with E-state index < -0.39 is 49.7 Å². The molecule has 0 unspecified atom stereocenters. The van der Waals surface area contributed by atoms with Gasteiger partial charge in [0, 0.05) is 24.4 Å². The Morgan fingerprint density at radius 3 is 2.68 bits per heavy atom. The van der Waals surface area contributed by atoms with Crippen LogP contribution in [0, 0.1) is 5.82 Å². The van der Waals surface area contributed by atoms with Gasteiger partial charge in [-0.15, -0.1) is 0 Å². The highest BCUT2D eigenvalue weighted by Crippen LogP contribution is 2.35. The number of nitrogens with one attached hydrogen (secondary N) is 2. The van der Waals surface area contributed by atoms with E-state index in [1.165, 1.54) is 6.07 Å². The Labute approximate surface area is 215 Å². The molecular formula is C26H25F4N5O3. The van der Waals surface area contributed by atoms with Crippen molar-refractivity contribution in [1.82, 2.24) is 25.3 Å². The molecule has 3 amide bonds. The zero-order chi connectivity index (χ0) is 27.0. The molecule has 38 heavy (non-hydrogen) atoms. The van der Waals surface area contributed by atoms with Gasteiger partial charge in [-0.05, 0) is 47.7 Å². The second kappa shape index (κ2) is 9.99. The summed E-state index contributed by atoms with van der Waals surface area (Å²) in [6.07, 6.45) is 0.289. The van der Waals surface area contributed by atoms with Gasteiger partial charge in [-0.25, -0.2) is 9.18 Å². The molecular weight excluding hydrogens is 506 g/mol. The van der Waals surface area contributed by atoms with Crippen LogP contribution < -0.4 is 15.4 Å². The molecule has 8 nitrogen and oxygen atoms in total. The molecule has 1 aliphatic carbocycles. The average molecular weight is 532 g/mol. The fourth-order valence-electron chi connectivity index (χ4n) is 4.88. The fraction of sp³-hybridized carbons (Fsp3) is 0.346. The van der Waals surface area contributed by atoms with Crippen LogP contribution in [-0.4, -0.2) is 52.0 Å². The van der Waals surface area contributed by atoms with Crippen molar-refractivity contribution >= 4 is 11.9 Å². The summed E-state index contributed by atoms with van der Waals surface area (Å²) in [6.45, 7) is -2.00. The van der Waals surface area contributed by atoms with Crippen molar-refractivity contribution in [2.75, 3.05) is 13.2 Å². The number of amides is 3. The number of benzene rings is 2. The number of rotatable bonds is 4. The number of fused-ring (bicyclic) bond motifs is 2. The van der Waals surface area contributed by atoms with Crippen molar-refractivity contribution in [2.24, 2.45) is 7.05 Å². The number of ether oxygens (including phenoxy) is 1. The molecule has 2 atom stereocenters. The second-order valence-electron chi connectivity index (χ2n) is 9.38. The number of hydrogen-bond donors (Lipinski definition) is 2. The van der Waals surface area contributed by atoms with Crippen molar-refractivity contribution in [2.45, 2.75) is 37.6 Å². The minimum atomic E-state index is -4.78. The van der Waals surface area contributed by atoms with Crippen LogP contribution in [0.1, 0.15) is 29.2 Å². The third kappa shape index (κ3) is 5.29. The van der Waals surface area contributed by atoms with Gasteiger partial charge >= 0.3 is 12.2 Å². The molecule has 5 rings (SSSR count). The summed E-state index contributed by atoms with van der Waals surface area (Å²) in [5, 5.41) is 9.35. The molecule has 2 heterocycles. The zero-order valence-electron chi connectivity index (χ0n) is 20.4. The maximum Gasteiger partial charge on any atom is 0.412 e. The average Bonchev–Trinajstić information content (AvgIpc) is 3.42. The van der Waals surface area contributed by atoms with Gasteiger partial charge in [0.1, 0.15) is 18.2 Å². The molecule has 1 aliphatic heterocycles. The molecule has 2 N–H and O–H groups in total. The van der Waals surface area contributed by atoms with E-state index in [4.69, 9.17) is 4.74 Å². The molecule has 0 bridgehead atoms. The number of aryl methyl sites for hydroxylation is 2. The van der Waals surface area contributed by atoms with Crippen LogP contribution in [0.4, 0.5) is 22.4 Å². The Bertz CT molecular complexity index is 1370. The first-order chi connectivity index (χ1) is 18.1. The van der Waals surface area contributed by atoms with Gasteiger partial charge in [0.2, 0.25) is 5.91 Å². The molecule has 12 heteroatoms. The van der Waals surface area contributed by atoms with Crippen LogP contribution in [-0.2, 0) is 24.8 Å². The Morgan fingerprint density at radius 1 is 1.13 bits per heavy atom. The van der Waals surface area contributed by atoms with Gasteiger partial charge in [0.25, 0.3) is 0 Å². The minimum absolute atomic E-state index is 0.0771. The Kier molecular flexibility index (Phi) is 6.72. The Balaban J connectivity index is 1.23. The summed E-state index contributed by atoms with van der Waals surface area (Å²) in [4.78, 5) is 26.0. The second-order valence-corrected chi connectivity index (χ2v) is 9.38. The summed E-state index contributed by atoms with van der Waals surface area (Å²) in [7, 11) is 1.84. The highest BCUT2D eigenvalue weighted by molar-refractivity contribution is 5.84. The van der Waals surface area contributed by atoms with E-state index in [-0.39, 0.29) is 17.4 Å².